The van der Waals surface area contributed by atoms with Crippen molar-refractivity contribution >= 4 is 15.9 Å². The fraction of sp³-hybridized carbons (Fsp3) is 0.333. The Kier molecular flexibility index (Phi) is 6.11. The largest absolute Gasteiger partial charge is 0.336 e. The zero-order valence-electron chi connectivity index (χ0n) is 19.2. The van der Waals surface area contributed by atoms with E-state index in [4.69, 9.17) is 0 Å². The number of carbonyl (C=O) groups is 1. The predicted molar refractivity (Wildman–Crippen MR) is 124 cm³/mol. The minimum absolute atomic E-state index is 0.179. The molecule has 1 fully saturated rings. The van der Waals surface area contributed by atoms with Crippen molar-refractivity contribution < 1.29 is 17.6 Å². The smallest absolute Gasteiger partial charge is 0.257 e. The zero-order chi connectivity index (χ0) is 23.9. The van der Waals surface area contributed by atoms with Crippen LogP contribution in [0.3, 0.4) is 0 Å². The van der Waals surface area contributed by atoms with Crippen LogP contribution in [0, 0.1) is 33.5 Å². The second kappa shape index (κ2) is 8.72. The Labute approximate surface area is 193 Å². The predicted octanol–water partition coefficient (Wildman–Crippen LogP) is 3.39. The van der Waals surface area contributed by atoms with Crippen LogP contribution in [0.2, 0.25) is 0 Å². The first-order valence-corrected chi connectivity index (χ1v) is 12.2. The van der Waals surface area contributed by atoms with Gasteiger partial charge in [0.15, 0.2) is 0 Å². The number of hydrogen-bond acceptors (Lipinski definition) is 4. The number of sulfonamides is 1. The molecule has 1 amide bonds. The van der Waals surface area contributed by atoms with Gasteiger partial charge in [-0.1, -0.05) is 6.07 Å². The van der Waals surface area contributed by atoms with E-state index in [-0.39, 0.29) is 29.7 Å². The van der Waals surface area contributed by atoms with Crippen LogP contribution in [0.1, 0.15) is 32.9 Å². The number of aromatic nitrogens is 2. The Morgan fingerprint density at radius 2 is 1.55 bits per heavy atom. The fourth-order valence-electron chi connectivity index (χ4n) is 4.10. The van der Waals surface area contributed by atoms with Crippen LogP contribution in [0.25, 0.3) is 5.69 Å². The van der Waals surface area contributed by atoms with Crippen molar-refractivity contribution in [3.05, 3.63) is 76.4 Å². The Hall–Kier alpha value is -3.04. The van der Waals surface area contributed by atoms with Gasteiger partial charge in [0.1, 0.15) is 5.82 Å². The van der Waals surface area contributed by atoms with Crippen LogP contribution in [0.4, 0.5) is 4.39 Å². The summed E-state index contributed by atoms with van der Waals surface area (Å²) in [5.74, 6) is -0.521. The molecule has 1 saturated heterocycles. The Balaban J connectivity index is 1.51. The number of rotatable bonds is 4. The molecular weight excluding hydrogens is 443 g/mol. The standard InChI is InChI=1S/C24H27FN4O3S/c1-16-5-10-22(15-17(16)2)33(31,32)28-13-11-27(12-14-28)24(30)23-18(3)26-29(19(23)4)21-8-6-20(25)7-9-21/h5-10,15H,11-14H2,1-4H3. The van der Waals surface area contributed by atoms with Gasteiger partial charge in [-0.25, -0.2) is 17.5 Å². The summed E-state index contributed by atoms with van der Waals surface area (Å²) in [5, 5.41) is 4.48. The lowest BCUT2D eigenvalue weighted by atomic mass is 10.1. The summed E-state index contributed by atoms with van der Waals surface area (Å²) in [6.45, 7) is 8.45. The Morgan fingerprint density at radius 3 is 2.15 bits per heavy atom. The molecule has 33 heavy (non-hydrogen) atoms. The summed E-state index contributed by atoms with van der Waals surface area (Å²) < 4.78 is 42.5. The van der Waals surface area contributed by atoms with Gasteiger partial charge in [0.25, 0.3) is 5.91 Å². The molecule has 2 heterocycles. The SMILES string of the molecule is Cc1ccc(S(=O)(=O)N2CCN(C(=O)c3c(C)nn(-c4ccc(F)cc4)c3C)CC2)cc1C. The normalized spacial score (nSPS) is 15.1. The van der Waals surface area contributed by atoms with Gasteiger partial charge in [0, 0.05) is 26.2 Å². The van der Waals surface area contributed by atoms with Crippen molar-refractivity contribution in [3.8, 4) is 5.69 Å². The molecule has 0 aliphatic carbocycles. The number of nitrogens with zero attached hydrogens (tertiary/aromatic N) is 4. The van der Waals surface area contributed by atoms with Crippen LogP contribution in [0.5, 0.6) is 0 Å². The van der Waals surface area contributed by atoms with Crippen molar-refractivity contribution in [1.29, 1.82) is 0 Å². The van der Waals surface area contributed by atoms with E-state index in [1.165, 1.54) is 16.4 Å². The highest BCUT2D eigenvalue weighted by atomic mass is 32.2. The Bertz CT molecular complexity index is 1310. The van der Waals surface area contributed by atoms with Gasteiger partial charge in [0.05, 0.1) is 27.5 Å². The molecule has 0 radical (unpaired) electrons. The average Bonchev–Trinajstić information content (AvgIpc) is 3.09. The molecular formula is C24H27FN4O3S. The Morgan fingerprint density at radius 1 is 0.909 bits per heavy atom. The number of piperazine rings is 1. The minimum Gasteiger partial charge on any atom is -0.336 e. The van der Waals surface area contributed by atoms with E-state index in [2.05, 4.69) is 5.10 Å². The summed E-state index contributed by atoms with van der Waals surface area (Å²) >= 11 is 0. The lowest BCUT2D eigenvalue weighted by Crippen LogP contribution is -2.50. The van der Waals surface area contributed by atoms with Gasteiger partial charge in [-0.3, -0.25) is 4.79 Å². The number of hydrogen-bond donors (Lipinski definition) is 0. The van der Waals surface area contributed by atoms with Crippen LogP contribution < -0.4 is 0 Å². The third-order valence-corrected chi connectivity index (χ3v) is 8.11. The van der Waals surface area contributed by atoms with Gasteiger partial charge >= 0.3 is 0 Å². The quantitative estimate of drug-likeness (QED) is 0.586. The molecule has 1 aromatic heterocycles. The number of carbonyl (C=O) groups excluding carboxylic acids is 1. The van der Waals surface area contributed by atoms with Crippen molar-refractivity contribution in [2.75, 3.05) is 26.2 Å². The van der Waals surface area contributed by atoms with Crippen LogP contribution in [-0.4, -0.2) is 59.5 Å². The number of aryl methyl sites for hydroxylation is 3. The van der Waals surface area contributed by atoms with Gasteiger partial charge in [-0.2, -0.15) is 9.40 Å². The zero-order valence-corrected chi connectivity index (χ0v) is 20.0. The summed E-state index contributed by atoms with van der Waals surface area (Å²) in [4.78, 5) is 15.2. The average molecular weight is 471 g/mol. The highest BCUT2D eigenvalue weighted by Gasteiger charge is 2.32. The van der Waals surface area contributed by atoms with Crippen molar-refractivity contribution in [3.63, 3.8) is 0 Å². The van der Waals surface area contributed by atoms with Crippen molar-refractivity contribution in [1.82, 2.24) is 19.0 Å². The third-order valence-electron chi connectivity index (χ3n) is 6.22. The summed E-state index contributed by atoms with van der Waals surface area (Å²) in [6.07, 6.45) is 0. The van der Waals surface area contributed by atoms with Crippen LogP contribution in [0.15, 0.2) is 47.4 Å². The first-order valence-electron chi connectivity index (χ1n) is 10.8. The molecule has 0 N–H and O–H groups in total. The summed E-state index contributed by atoms with van der Waals surface area (Å²) in [7, 11) is -3.62. The van der Waals surface area contributed by atoms with Crippen LogP contribution in [-0.2, 0) is 10.0 Å². The molecule has 174 valence electrons. The van der Waals surface area contributed by atoms with Crippen molar-refractivity contribution in [2.45, 2.75) is 32.6 Å². The van der Waals surface area contributed by atoms with E-state index < -0.39 is 10.0 Å². The molecule has 3 aromatic rings. The number of benzene rings is 2. The maximum absolute atomic E-state index is 13.3. The molecule has 0 saturated carbocycles. The molecule has 0 atom stereocenters. The van der Waals surface area contributed by atoms with Gasteiger partial charge in [-0.15, -0.1) is 0 Å². The van der Waals surface area contributed by atoms with E-state index in [0.29, 0.717) is 35.7 Å². The molecule has 0 unspecified atom stereocenters. The second-order valence-corrected chi connectivity index (χ2v) is 10.3. The molecule has 2 aromatic carbocycles. The molecule has 0 spiro atoms. The van der Waals surface area contributed by atoms with E-state index in [9.17, 15) is 17.6 Å². The second-order valence-electron chi connectivity index (χ2n) is 8.38. The minimum atomic E-state index is -3.62. The maximum Gasteiger partial charge on any atom is 0.257 e. The maximum atomic E-state index is 13.3. The molecule has 7 nitrogen and oxygen atoms in total. The molecule has 1 aliphatic rings. The van der Waals surface area contributed by atoms with Gasteiger partial charge in [0.2, 0.25) is 10.0 Å². The molecule has 0 bridgehead atoms. The van der Waals surface area contributed by atoms with E-state index in [1.54, 1.807) is 47.7 Å². The summed E-state index contributed by atoms with van der Waals surface area (Å²) in [6, 6.07) is 11.1. The topological polar surface area (TPSA) is 75.5 Å². The number of halogens is 1. The summed E-state index contributed by atoms with van der Waals surface area (Å²) in [5.41, 5.74) is 4.36. The molecule has 9 heteroatoms. The van der Waals surface area contributed by atoms with Gasteiger partial charge < -0.3 is 4.90 Å². The van der Waals surface area contributed by atoms with E-state index in [0.717, 1.165) is 11.1 Å². The monoisotopic (exact) mass is 470 g/mol. The fourth-order valence-corrected chi connectivity index (χ4v) is 5.61. The lowest BCUT2D eigenvalue weighted by Gasteiger charge is -2.34. The lowest BCUT2D eigenvalue weighted by molar-refractivity contribution is 0.0696. The van der Waals surface area contributed by atoms with E-state index in [1.807, 2.05) is 19.9 Å². The first kappa shape index (κ1) is 23.1. The van der Waals surface area contributed by atoms with Crippen LogP contribution >= 0.6 is 0 Å². The third kappa shape index (κ3) is 4.30. The molecule has 4 rings (SSSR count). The highest BCUT2D eigenvalue weighted by molar-refractivity contribution is 7.89. The van der Waals surface area contributed by atoms with Crippen molar-refractivity contribution in [2.24, 2.45) is 0 Å². The highest BCUT2D eigenvalue weighted by Crippen LogP contribution is 2.23. The van der Waals surface area contributed by atoms with Gasteiger partial charge in [-0.05, 0) is 75.2 Å². The number of amides is 1. The molecule has 1 aliphatic heterocycles. The van der Waals surface area contributed by atoms with E-state index >= 15 is 0 Å². The first-order chi connectivity index (χ1) is 15.6.